The summed E-state index contributed by atoms with van der Waals surface area (Å²) in [7, 11) is 0. The average molecular weight is 288 g/mol. The fourth-order valence-corrected chi connectivity index (χ4v) is 3.62. The van der Waals surface area contributed by atoms with Gasteiger partial charge in [-0.05, 0) is 30.5 Å². The van der Waals surface area contributed by atoms with Crippen molar-refractivity contribution in [3.63, 3.8) is 0 Å². The van der Waals surface area contributed by atoms with E-state index in [4.69, 9.17) is 0 Å². The van der Waals surface area contributed by atoms with Gasteiger partial charge in [0.15, 0.2) is 0 Å². The third-order valence-corrected chi connectivity index (χ3v) is 5.11. The third-order valence-electron chi connectivity index (χ3n) is 3.88. The van der Waals surface area contributed by atoms with Crippen molar-refractivity contribution in [3.8, 4) is 0 Å². The predicted molar refractivity (Wildman–Crippen MR) is 83.4 cm³/mol. The lowest BCUT2D eigenvalue weighted by atomic mass is 9.75. The molecular formula is C17H20O2S. The highest BCUT2D eigenvalue weighted by atomic mass is 32.1. The molecule has 0 spiro atoms. The number of rotatable bonds is 6. The highest BCUT2D eigenvalue weighted by Crippen LogP contribution is 2.34. The monoisotopic (exact) mass is 288 g/mol. The van der Waals surface area contributed by atoms with Crippen molar-refractivity contribution in [2.24, 2.45) is 0 Å². The number of carbonyl (C=O) groups is 1. The maximum Gasteiger partial charge on any atom is 0.314 e. The molecule has 1 unspecified atom stereocenters. The number of carboxylic acids is 1. The second kappa shape index (κ2) is 6.23. The number of carboxylic acid groups (broad SMARTS) is 1. The molecule has 0 bridgehead atoms. The van der Waals surface area contributed by atoms with E-state index < -0.39 is 11.4 Å². The summed E-state index contributed by atoms with van der Waals surface area (Å²) in [6.45, 7) is 4.08. The van der Waals surface area contributed by atoms with Gasteiger partial charge in [-0.25, -0.2) is 0 Å². The number of benzene rings is 1. The smallest absolute Gasteiger partial charge is 0.314 e. The number of hydrogen-bond acceptors (Lipinski definition) is 2. The predicted octanol–water partition coefficient (Wildman–Crippen LogP) is 4.29. The Balaban J connectivity index is 2.39. The molecule has 0 radical (unpaired) electrons. The van der Waals surface area contributed by atoms with Gasteiger partial charge in [0.25, 0.3) is 0 Å². The molecule has 1 N–H and O–H groups in total. The summed E-state index contributed by atoms with van der Waals surface area (Å²) in [4.78, 5) is 14.4. The highest BCUT2D eigenvalue weighted by Gasteiger charge is 2.39. The summed E-state index contributed by atoms with van der Waals surface area (Å²) in [5.74, 6) is -0.738. The van der Waals surface area contributed by atoms with Crippen LogP contribution in [0.2, 0.25) is 0 Å². The zero-order valence-electron chi connectivity index (χ0n) is 11.9. The lowest BCUT2D eigenvalue weighted by molar-refractivity contribution is -0.144. The molecule has 1 aromatic carbocycles. The van der Waals surface area contributed by atoms with Crippen LogP contribution in [-0.2, 0) is 23.1 Å². The van der Waals surface area contributed by atoms with Crippen LogP contribution in [0.25, 0.3) is 0 Å². The van der Waals surface area contributed by atoms with E-state index in [0.29, 0.717) is 12.8 Å². The minimum absolute atomic E-state index is 0.563. The van der Waals surface area contributed by atoms with Gasteiger partial charge in [-0.3, -0.25) is 4.79 Å². The van der Waals surface area contributed by atoms with Crippen LogP contribution in [0.1, 0.15) is 35.6 Å². The van der Waals surface area contributed by atoms with Gasteiger partial charge in [-0.15, -0.1) is 11.3 Å². The van der Waals surface area contributed by atoms with Crippen molar-refractivity contribution < 1.29 is 9.90 Å². The molecule has 2 nitrogen and oxygen atoms in total. The van der Waals surface area contributed by atoms with Gasteiger partial charge < -0.3 is 5.11 Å². The van der Waals surface area contributed by atoms with Crippen LogP contribution in [0.5, 0.6) is 0 Å². The number of aliphatic carboxylic acids is 1. The zero-order chi connectivity index (χ0) is 14.6. The minimum Gasteiger partial charge on any atom is -0.481 e. The fraction of sp³-hybridized carbons (Fsp3) is 0.353. The quantitative estimate of drug-likeness (QED) is 0.861. The number of thiophene rings is 1. The van der Waals surface area contributed by atoms with E-state index in [2.05, 4.69) is 19.1 Å². The average Bonchev–Trinajstić information content (AvgIpc) is 2.93. The van der Waals surface area contributed by atoms with Gasteiger partial charge in [0.1, 0.15) is 0 Å². The van der Waals surface area contributed by atoms with Crippen LogP contribution in [-0.4, -0.2) is 11.1 Å². The van der Waals surface area contributed by atoms with Crippen LogP contribution >= 0.6 is 11.3 Å². The topological polar surface area (TPSA) is 37.3 Å². The molecule has 1 atom stereocenters. The summed E-state index contributed by atoms with van der Waals surface area (Å²) in [5.41, 5.74) is 0.0679. The van der Waals surface area contributed by atoms with Crippen molar-refractivity contribution in [1.29, 1.82) is 0 Å². The number of hydrogen-bond donors (Lipinski definition) is 1. The summed E-state index contributed by atoms with van der Waals surface area (Å²) in [6, 6.07) is 13.8. The van der Waals surface area contributed by atoms with E-state index in [1.54, 1.807) is 11.3 Å². The van der Waals surface area contributed by atoms with Crippen molar-refractivity contribution >= 4 is 17.3 Å². The van der Waals surface area contributed by atoms with Gasteiger partial charge in [0.2, 0.25) is 0 Å². The molecule has 3 heteroatoms. The van der Waals surface area contributed by atoms with Gasteiger partial charge in [0.05, 0.1) is 5.41 Å². The molecule has 0 aliphatic rings. The molecule has 20 heavy (non-hydrogen) atoms. The zero-order valence-corrected chi connectivity index (χ0v) is 12.7. The molecule has 0 amide bonds. The Kier molecular flexibility index (Phi) is 4.61. The SMILES string of the molecule is CCc1ccc(CC(CC)(C(=O)O)c2ccccc2)s1. The minimum atomic E-state index is -0.822. The van der Waals surface area contributed by atoms with Gasteiger partial charge in [0, 0.05) is 16.2 Å². The lowest BCUT2D eigenvalue weighted by Crippen LogP contribution is -2.37. The van der Waals surface area contributed by atoms with Crippen LogP contribution in [0.15, 0.2) is 42.5 Å². The molecule has 0 saturated heterocycles. The standard InChI is InChI=1S/C17H20O2S/c1-3-14-10-11-15(20-14)12-17(4-2,16(18)19)13-8-6-5-7-9-13/h5-11H,3-4,12H2,1-2H3,(H,18,19). The summed E-state index contributed by atoms with van der Waals surface area (Å²) in [5, 5.41) is 9.81. The summed E-state index contributed by atoms with van der Waals surface area (Å²) >= 11 is 1.72. The van der Waals surface area contributed by atoms with Crippen molar-refractivity contribution in [2.75, 3.05) is 0 Å². The van der Waals surface area contributed by atoms with E-state index in [9.17, 15) is 9.90 Å². The van der Waals surface area contributed by atoms with E-state index in [1.807, 2.05) is 37.3 Å². The second-order valence-corrected chi connectivity index (χ2v) is 6.26. The Hall–Kier alpha value is -1.61. The molecular weight excluding hydrogens is 268 g/mol. The van der Waals surface area contributed by atoms with Crippen LogP contribution in [0, 0.1) is 0 Å². The first-order chi connectivity index (χ1) is 9.62. The Morgan fingerprint density at radius 1 is 1.10 bits per heavy atom. The third kappa shape index (κ3) is 2.78. The maximum absolute atomic E-state index is 11.9. The molecule has 106 valence electrons. The first kappa shape index (κ1) is 14.8. The highest BCUT2D eigenvalue weighted by molar-refractivity contribution is 7.12. The largest absolute Gasteiger partial charge is 0.481 e. The second-order valence-electron chi connectivity index (χ2n) is 5.01. The Labute approximate surface area is 124 Å². The van der Waals surface area contributed by atoms with E-state index in [0.717, 1.165) is 16.9 Å². The van der Waals surface area contributed by atoms with Crippen molar-refractivity contribution in [2.45, 2.75) is 38.5 Å². The maximum atomic E-state index is 11.9. The molecule has 0 saturated carbocycles. The Bertz CT molecular complexity index is 574. The van der Waals surface area contributed by atoms with Crippen LogP contribution < -0.4 is 0 Å². The molecule has 2 rings (SSSR count). The first-order valence-corrected chi connectivity index (χ1v) is 7.80. The molecule has 1 heterocycles. The van der Waals surface area contributed by atoms with Gasteiger partial charge in [-0.1, -0.05) is 44.2 Å². The van der Waals surface area contributed by atoms with Gasteiger partial charge >= 0.3 is 5.97 Å². The van der Waals surface area contributed by atoms with Crippen molar-refractivity contribution in [1.82, 2.24) is 0 Å². The summed E-state index contributed by atoms with van der Waals surface area (Å²) < 4.78 is 0. The molecule has 1 aromatic heterocycles. The van der Waals surface area contributed by atoms with Crippen molar-refractivity contribution in [3.05, 3.63) is 57.8 Å². The number of aryl methyl sites for hydroxylation is 1. The molecule has 0 aliphatic carbocycles. The molecule has 0 fully saturated rings. The fourth-order valence-electron chi connectivity index (χ4n) is 2.54. The first-order valence-electron chi connectivity index (χ1n) is 6.99. The normalized spacial score (nSPS) is 13.9. The van der Waals surface area contributed by atoms with Gasteiger partial charge in [-0.2, -0.15) is 0 Å². The van der Waals surface area contributed by atoms with E-state index in [1.165, 1.54) is 4.88 Å². The molecule has 0 aliphatic heterocycles. The summed E-state index contributed by atoms with van der Waals surface area (Å²) in [6.07, 6.45) is 2.15. The Morgan fingerprint density at radius 2 is 1.75 bits per heavy atom. The molecule has 2 aromatic rings. The van der Waals surface area contributed by atoms with Crippen LogP contribution in [0.4, 0.5) is 0 Å². The lowest BCUT2D eigenvalue weighted by Gasteiger charge is -2.28. The van der Waals surface area contributed by atoms with Crippen LogP contribution in [0.3, 0.4) is 0 Å². The van der Waals surface area contributed by atoms with E-state index >= 15 is 0 Å². The Morgan fingerprint density at radius 3 is 2.25 bits per heavy atom. The van der Waals surface area contributed by atoms with E-state index in [-0.39, 0.29) is 0 Å².